The summed E-state index contributed by atoms with van der Waals surface area (Å²) in [6.07, 6.45) is -3.29. The molecule has 1 N–H and O–H groups in total. The fourth-order valence-corrected chi connectivity index (χ4v) is 1.87. The largest absolute Gasteiger partial charge is 0.504 e. The van der Waals surface area contributed by atoms with Crippen LogP contribution in [0.1, 0.15) is 16.9 Å². The molecule has 1 aromatic carbocycles. The van der Waals surface area contributed by atoms with Gasteiger partial charge in [0.1, 0.15) is 0 Å². The van der Waals surface area contributed by atoms with Gasteiger partial charge in [-0.2, -0.15) is 13.2 Å². The Kier molecular flexibility index (Phi) is 4.92. The van der Waals surface area contributed by atoms with E-state index in [1.807, 2.05) is 13.8 Å². The summed E-state index contributed by atoms with van der Waals surface area (Å²) < 4.78 is 43.1. The predicted molar refractivity (Wildman–Crippen MR) is 83.4 cm³/mol. The van der Waals surface area contributed by atoms with Gasteiger partial charge >= 0.3 is 6.18 Å². The van der Waals surface area contributed by atoms with E-state index in [1.165, 1.54) is 18.4 Å². The van der Waals surface area contributed by atoms with Gasteiger partial charge in [0.2, 0.25) is 0 Å². The van der Waals surface area contributed by atoms with Crippen LogP contribution in [-0.2, 0) is 4.79 Å². The second kappa shape index (κ2) is 6.74. The van der Waals surface area contributed by atoms with Crippen molar-refractivity contribution in [3.05, 3.63) is 59.1 Å². The molecule has 0 aliphatic rings. The molecule has 0 spiro atoms. The van der Waals surface area contributed by atoms with Crippen LogP contribution >= 0.6 is 0 Å². The SMILES string of the molecule is Cc1ccc(N=C/C(C(=O)C(F)(F)F)=C(\O)c2ccco2)cc1C. The average molecular weight is 337 g/mol. The summed E-state index contributed by atoms with van der Waals surface area (Å²) in [6.45, 7) is 3.70. The van der Waals surface area contributed by atoms with Crippen molar-refractivity contribution in [1.82, 2.24) is 0 Å². The van der Waals surface area contributed by atoms with Gasteiger partial charge in [-0.1, -0.05) is 6.07 Å². The molecule has 126 valence electrons. The van der Waals surface area contributed by atoms with Crippen molar-refractivity contribution in [3.8, 4) is 0 Å². The molecule has 1 aromatic heterocycles. The fourth-order valence-electron chi connectivity index (χ4n) is 1.87. The number of allylic oxidation sites excluding steroid dienone is 1. The molecular formula is C17H14F3NO3. The lowest BCUT2D eigenvalue weighted by Crippen LogP contribution is -2.26. The zero-order chi connectivity index (χ0) is 17.9. The van der Waals surface area contributed by atoms with Crippen LogP contribution in [0.25, 0.3) is 5.76 Å². The van der Waals surface area contributed by atoms with Gasteiger partial charge in [0.25, 0.3) is 5.78 Å². The minimum Gasteiger partial charge on any atom is -0.504 e. The number of ketones is 1. The van der Waals surface area contributed by atoms with E-state index in [9.17, 15) is 23.1 Å². The Bertz CT molecular complexity index is 803. The number of furan rings is 1. The molecule has 0 atom stereocenters. The highest BCUT2D eigenvalue weighted by Gasteiger charge is 2.42. The van der Waals surface area contributed by atoms with Crippen molar-refractivity contribution < 1.29 is 27.5 Å². The van der Waals surface area contributed by atoms with Gasteiger partial charge in [-0.15, -0.1) is 0 Å². The number of alkyl halides is 3. The predicted octanol–water partition coefficient (Wildman–Crippen LogP) is 4.70. The molecule has 7 heteroatoms. The average Bonchev–Trinajstić information content (AvgIpc) is 3.04. The Morgan fingerprint density at radius 3 is 2.46 bits per heavy atom. The maximum atomic E-state index is 12.8. The van der Waals surface area contributed by atoms with E-state index >= 15 is 0 Å². The molecule has 2 rings (SSSR count). The third-order valence-corrected chi connectivity index (χ3v) is 3.34. The molecule has 0 fully saturated rings. The number of hydrogen-bond donors (Lipinski definition) is 1. The summed E-state index contributed by atoms with van der Waals surface area (Å²) in [7, 11) is 0. The Morgan fingerprint density at radius 1 is 1.21 bits per heavy atom. The molecule has 0 unspecified atom stereocenters. The van der Waals surface area contributed by atoms with E-state index in [-0.39, 0.29) is 5.76 Å². The number of nitrogens with zero attached hydrogens (tertiary/aromatic N) is 1. The zero-order valence-electron chi connectivity index (χ0n) is 12.9. The van der Waals surface area contributed by atoms with Gasteiger partial charge in [-0.05, 0) is 49.2 Å². The molecule has 0 bridgehead atoms. The number of rotatable bonds is 4. The highest BCUT2D eigenvalue weighted by Crippen LogP contribution is 2.26. The number of carbonyl (C=O) groups is 1. The van der Waals surface area contributed by atoms with E-state index in [0.29, 0.717) is 11.9 Å². The Hall–Kier alpha value is -2.83. The molecule has 2 aromatic rings. The second-order valence-corrected chi connectivity index (χ2v) is 5.09. The first kappa shape index (κ1) is 17.5. The van der Waals surface area contributed by atoms with Crippen molar-refractivity contribution in [2.24, 2.45) is 4.99 Å². The normalized spacial score (nSPS) is 13.2. The summed E-state index contributed by atoms with van der Waals surface area (Å²) >= 11 is 0. The summed E-state index contributed by atoms with van der Waals surface area (Å²) in [5.74, 6) is -3.38. The van der Waals surface area contributed by atoms with Crippen LogP contribution in [0.15, 0.2) is 51.6 Å². The minimum absolute atomic E-state index is 0.255. The summed E-state index contributed by atoms with van der Waals surface area (Å²) in [5.41, 5.74) is 1.26. The van der Waals surface area contributed by atoms with Crippen molar-refractivity contribution in [3.63, 3.8) is 0 Å². The highest BCUT2D eigenvalue weighted by molar-refractivity contribution is 6.20. The highest BCUT2D eigenvalue weighted by atomic mass is 19.4. The molecular weight excluding hydrogens is 323 g/mol. The number of carbonyl (C=O) groups excluding carboxylic acids is 1. The van der Waals surface area contributed by atoms with Gasteiger partial charge in [0.05, 0.1) is 17.5 Å². The van der Waals surface area contributed by atoms with Crippen LogP contribution in [0.3, 0.4) is 0 Å². The van der Waals surface area contributed by atoms with Crippen LogP contribution in [0.2, 0.25) is 0 Å². The van der Waals surface area contributed by atoms with Gasteiger partial charge in [-0.25, -0.2) is 0 Å². The smallest absolute Gasteiger partial charge is 0.455 e. The maximum Gasteiger partial charge on any atom is 0.455 e. The Labute approximate surface area is 135 Å². The fraction of sp³-hybridized carbons (Fsp3) is 0.176. The van der Waals surface area contributed by atoms with Gasteiger partial charge in [0.15, 0.2) is 11.5 Å². The first-order valence-electron chi connectivity index (χ1n) is 6.90. The van der Waals surface area contributed by atoms with Gasteiger partial charge in [-0.3, -0.25) is 9.79 Å². The van der Waals surface area contributed by atoms with Crippen molar-refractivity contribution >= 4 is 23.4 Å². The molecule has 24 heavy (non-hydrogen) atoms. The topological polar surface area (TPSA) is 62.8 Å². The van der Waals surface area contributed by atoms with Crippen molar-refractivity contribution in [2.75, 3.05) is 0 Å². The first-order chi connectivity index (χ1) is 11.2. The molecule has 0 saturated heterocycles. The quantitative estimate of drug-likeness (QED) is 0.500. The number of benzene rings is 1. The monoisotopic (exact) mass is 337 g/mol. The number of Topliss-reactive ketones (excluding diaryl/α,β-unsaturated/α-hetero) is 1. The number of aryl methyl sites for hydroxylation is 2. The number of aliphatic hydroxyl groups excluding tert-OH is 1. The lowest BCUT2D eigenvalue weighted by molar-refractivity contribution is -0.165. The number of aliphatic hydroxyl groups is 1. The van der Waals surface area contributed by atoms with Crippen molar-refractivity contribution in [2.45, 2.75) is 20.0 Å². The molecule has 1 heterocycles. The standard InChI is InChI=1S/C17H14F3NO3/c1-10-5-6-12(8-11(10)2)21-9-13(16(23)17(18,19)20)15(22)14-4-3-7-24-14/h3-9,22H,1-2H3/b15-13+,21-9?. The Balaban J connectivity index is 2.47. The van der Waals surface area contributed by atoms with E-state index in [1.54, 1.807) is 18.2 Å². The maximum absolute atomic E-state index is 12.8. The zero-order valence-corrected chi connectivity index (χ0v) is 12.9. The summed E-state index contributed by atoms with van der Waals surface area (Å²) in [5, 5.41) is 9.95. The lowest BCUT2D eigenvalue weighted by atomic mass is 10.1. The van der Waals surface area contributed by atoms with E-state index in [4.69, 9.17) is 4.42 Å². The van der Waals surface area contributed by atoms with Crippen LogP contribution < -0.4 is 0 Å². The van der Waals surface area contributed by atoms with Crippen molar-refractivity contribution in [1.29, 1.82) is 0 Å². The number of hydrogen-bond acceptors (Lipinski definition) is 4. The molecule has 0 amide bonds. The van der Waals surface area contributed by atoms with E-state index in [0.717, 1.165) is 11.1 Å². The number of aliphatic imine (C=N–C) groups is 1. The summed E-state index contributed by atoms with van der Waals surface area (Å²) in [6, 6.07) is 7.62. The molecule has 4 nitrogen and oxygen atoms in total. The molecule has 0 aliphatic heterocycles. The molecule has 0 aliphatic carbocycles. The van der Waals surface area contributed by atoms with Crippen LogP contribution in [0.5, 0.6) is 0 Å². The van der Waals surface area contributed by atoms with Gasteiger partial charge in [0, 0.05) is 6.21 Å². The Morgan fingerprint density at radius 2 is 1.92 bits per heavy atom. The first-order valence-corrected chi connectivity index (χ1v) is 6.90. The molecule has 0 radical (unpaired) electrons. The van der Waals surface area contributed by atoms with Crippen LogP contribution in [0.4, 0.5) is 18.9 Å². The third kappa shape index (κ3) is 3.92. The van der Waals surface area contributed by atoms with E-state index in [2.05, 4.69) is 4.99 Å². The lowest BCUT2D eigenvalue weighted by Gasteiger charge is -2.07. The number of halogens is 3. The van der Waals surface area contributed by atoms with Gasteiger partial charge < -0.3 is 9.52 Å². The third-order valence-electron chi connectivity index (χ3n) is 3.34. The van der Waals surface area contributed by atoms with E-state index < -0.39 is 23.3 Å². The minimum atomic E-state index is -5.15. The summed E-state index contributed by atoms with van der Waals surface area (Å²) in [4.78, 5) is 15.4. The van der Waals surface area contributed by atoms with Crippen LogP contribution in [0, 0.1) is 13.8 Å². The second-order valence-electron chi connectivity index (χ2n) is 5.09. The molecule has 0 saturated carbocycles. The van der Waals surface area contributed by atoms with Crippen LogP contribution in [-0.4, -0.2) is 23.3 Å².